The first-order valence-electron chi connectivity index (χ1n) is 12.8. The fraction of sp³-hybridized carbons (Fsp3) is 0.345. The summed E-state index contributed by atoms with van der Waals surface area (Å²) in [7, 11) is 0. The number of nitrogens with zero attached hydrogens (tertiary/aromatic N) is 5. The van der Waals surface area contributed by atoms with E-state index < -0.39 is 6.61 Å². The summed E-state index contributed by atoms with van der Waals surface area (Å²) in [6.45, 7) is 0.507. The Balaban J connectivity index is 1.50. The highest BCUT2D eigenvalue weighted by molar-refractivity contribution is 5.57. The van der Waals surface area contributed by atoms with Crippen LogP contribution in [-0.4, -0.2) is 31.3 Å². The second-order valence-electron chi connectivity index (χ2n) is 9.81. The zero-order chi connectivity index (χ0) is 27.5. The van der Waals surface area contributed by atoms with Crippen LogP contribution in [0.1, 0.15) is 65.7 Å². The lowest BCUT2D eigenvalue weighted by atomic mass is 9.75. The third-order valence-electron chi connectivity index (χ3n) is 7.29. The number of benzene rings is 1. The van der Waals surface area contributed by atoms with Crippen molar-refractivity contribution in [1.29, 1.82) is 0 Å². The molecule has 39 heavy (non-hydrogen) atoms. The molecule has 0 unspecified atom stereocenters. The minimum absolute atomic E-state index is 0.0688. The highest BCUT2D eigenvalue weighted by Crippen LogP contribution is 2.41. The molecule has 0 N–H and O–H groups in total. The maximum Gasteiger partial charge on any atom is 0.387 e. The van der Waals surface area contributed by atoms with Crippen LogP contribution in [0.15, 0.2) is 59.8 Å². The summed E-state index contributed by atoms with van der Waals surface area (Å²) in [4.78, 5) is 26.4. The van der Waals surface area contributed by atoms with Crippen LogP contribution in [0.4, 0.5) is 13.2 Å². The topological polar surface area (TPSA) is 82.8 Å². The van der Waals surface area contributed by atoms with Crippen molar-refractivity contribution in [3.63, 3.8) is 0 Å². The lowest BCUT2D eigenvalue weighted by Crippen LogP contribution is -2.30. The van der Waals surface area contributed by atoms with E-state index in [4.69, 9.17) is 0 Å². The highest BCUT2D eigenvalue weighted by atomic mass is 19.3. The van der Waals surface area contributed by atoms with Crippen LogP contribution in [0.3, 0.4) is 0 Å². The van der Waals surface area contributed by atoms with Crippen molar-refractivity contribution in [2.75, 3.05) is 0 Å². The molecular formula is C29H28F3N5O2. The van der Waals surface area contributed by atoms with Gasteiger partial charge in [0.2, 0.25) is 0 Å². The van der Waals surface area contributed by atoms with Gasteiger partial charge < -0.3 is 4.74 Å². The Kier molecular flexibility index (Phi) is 7.72. The average Bonchev–Trinajstić information content (AvgIpc) is 2.91. The van der Waals surface area contributed by atoms with Crippen molar-refractivity contribution in [2.24, 2.45) is 0 Å². The molecule has 0 saturated heterocycles. The zero-order valence-corrected chi connectivity index (χ0v) is 21.7. The van der Waals surface area contributed by atoms with E-state index in [1.807, 2.05) is 13.0 Å². The normalized spacial score (nSPS) is 17.4. The molecule has 4 aromatic rings. The van der Waals surface area contributed by atoms with Crippen molar-refractivity contribution >= 4 is 0 Å². The molecule has 0 atom stereocenters. The van der Waals surface area contributed by atoms with Crippen LogP contribution in [0.25, 0.3) is 11.3 Å². The maximum absolute atomic E-state index is 14.6. The Labute approximate surface area is 223 Å². The Bertz CT molecular complexity index is 1500. The van der Waals surface area contributed by atoms with Crippen LogP contribution in [0, 0.1) is 19.7 Å². The Morgan fingerprint density at radius 3 is 2.41 bits per heavy atom. The summed E-state index contributed by atoms with van der Waals surface area (Å²) in [5.74, 6) is 0.298. The third-order valence-corrected chi connectivity index (χ3v) is 7.29. The molecule has 1 aliphatic rings. The number of hydrogen-bond donors (Lipinski definition) is 0. The van der Waals surface area contributed by atoms with E-state index in [0.29, 0.717) is 35.5 Å². The Morgan fingerprint density at radius 2 is 1.72 bits per heavy atom. The molecule has 0 aliphatic heterocycles. The van der Waals surface area contributed by atoms with Crippen molar-refractivity contribution in [3.05, 3.63) is 99.4 Å². The molecule has 202 valence electrons. The summed E-state index contributed by atoms with van der Waals surface area (Å²) in [5, 5.41) is 4.52. The molecule has 3 heterocycles. The van der Waals surface area contributed by atoms with Gasteiger partial charge in [0.15, 0.2) is 0 Å². The maximum atomic E-state index is 14.6. The molecule has 1 saturated carbocycles. The fourth-order valence-corrected chi connectivity index (χ4v) is 5.37. The van der Waals surface area contributed by atoms with Gasteiger partial charge in [0.25, 0.3) is 5.56 Å². The molecular weight excluding hydrogens is 507 g/mol. The number of rotatable bonds is 7. The lowest BCUT2D eigenvalue weighted by molar-refractivity contribution is -0.0508. The van der Waals surface area contributed by atoms with Crippen molar-refractivity contribution in [3.8, 4) is 17.0 Å². The van der Waals surface area contributed by atoms with Gasteiger partial charge in [-0.25, -0.2) is 19.0 Å². The number of alkyl halides is 2. The molecule has 1 fully saturated rings. The quantitative estimate of drug-likeness (QED) is 0.291. The monoisotopic (exact) mass is 535 g/mol. The first-order valence-corrected chi connectivity index (χ1v) is 12.8. The molecule has 3 aromatic heterocycles. The van der Waals surface area contributed by atoms with Gasteiger partial charge >= 0.3 is 6.61 Å². The van der Waals surface area contributed by atoms with Crippen LogP contribution in [-0.2, 0) is 6.54 Å². The second-order valence-corrected chi connectivity index (χ2v) is 9.81. The molecule has 7 nitrogen and oxygen atoms in total. The van der Waals surface area contributed by atoms with Crippen LogP contribution >= 0.6 is 0 Å². The predicted octanol–water partition coefficient (Wildman–Crippen LogP) is 5.94. The van der Waals surface area contributed by atoms with E-state index in [9.17, 15) is 18.0 Å². The smallest absolute Gasteiger partial charge is 0.387 e. The standard InChI is InChI=1S/C29H28F3N5O2/c1-17-5-3-6-23(30)27(17)20-10-8-19(9-11-20)22-13-24(21-14-34-18(2)35-15-21)36-37(28(22)38)16-25-26(39-29(31)32)7-4-12-33-25/h3-7,12-15,19-20,29H,8-11,16H2,1-2H3. The highest BCUT2D eigenvalue weighted by Gasteiger charge is 2.29. The van der Waals surface area contributed by atoms with Gasteiger partial charge in [-0.15, -0.1) is 0 Å². The van der Waals surface area contributed by atoms with Crippen molar-refractivity contribution in [1.82, 2.24) is 24.7 Å². The van der Waals surface area contributed by atoms with E-state index in [0.717, 1.165) is 24.0 Å². The Hall–Kier alpha value is -4.08. The molecule has 0 radical (unpaired) electrons. The van der Waals surface area contributed by atoms with Crippen molar-refractivity contribution in [2.45, 2.75) is 64.5 Å². The van der Waals surface area contributed by atoms with E-state index in [-0.39, 0.29) is 41.2 Å². The van der Waals surface area contributed by atoms with Gasteiger partial charge in [-0.3, -0.25) is 9.78 Å². The number of aryl methyl sites for hydroxylation is 2. The number of halogens is 3. The van der Waals surface area contributed by atoms with Gasteiger partial charge in [0.1, 0.15) is 23.1 Å². The first kappa shape index (κ1) is 26.5. The minimum atomic E-state index is -3.03. The van der Waals surface area contributed by atoms with Gasteiger partial charge in [0, 0.05) is 29.7 Å². The van der Waals surface area contributed by atoms with E-state index in [2.05, 4.69) is 24.8 Å². The number of ether oxygens (including phenoxy) is 1. The molecule has 10 heteroatoms. The molecule has 1 aliphatic carbocycles. The van der Waals surface area contributed by atoms with E-state index in [1.54, 1.807) is 31.5 Å². The van der Waals surface area contributed by atoms with E-state index >= 15 is 0 Å². The second kappa shape index (κ2) is 11.3. The van der Waals surface area contributed by atoms with Crippen LogP contribution < -0.4 is 10.3 Å². The first-order chi connectivity index (χ1) is 18.8. The number of aromatic nitrogens is 5. The minimum Gasteiger partial charge on any atom is -0.433 e. The summed E-state index contributed by atoms with van der Waals surface area (Å²) in [6, 6.07) is 9.76. The molecule has 0 spiro atoms. The Morgan fingerprint density at radius 1 is 1.00 bits per heavy atom. The van der Waals surface area contributed by atoms with Crippen molar-refractivity contribution < 1.29 is 17.9 Å². The van der Waals surface area contributed by atoms with Crippen LogP contribution in [0.2, 0.25) is 0 Å². The van der Waals surface area contributed by atoms with Gasteiger partial charge in [-0.2, -0.15) is 13.9 Å². The molecule has 0 amide bonds. The van der Waals surface area contributed by atoms with Crippen LogP contribution in [0.5, 0.6) is 5.75 Å². The summed E-state index contributed by atoms with van der Waals surface area (Å²) >= 11 is 0. The van der Waals surface area contributed by atoms with Gasteiger partial charge in [-0.05, 0) is 86.8 Å². The van der Waals surface area contributed by atoms with E-state index in [1.165, 1.54) is 29.1 Å². The third kappa shape index (κ3) is 5.84. The average molecular weight is 536 g/mol. The van der Waals surface area contributed by atoms with Gasteiger partial charge in [-0.1, -0.05) is 12.1 Å². The summed E-state index contributed by atoms with van der Waals surface area (Å²) in [5.41, 5.74) is 3.20. The SMILES string of the molecule is Cc1ncc(-c2cc(C3CCC(c4c(C)cccc4F)CC3)c(=O)n(Cc3ncccc3OC(F)F)n2)cn1. The fourth-order valence-electron chi connectivity index (χ4n) is 5.37. The number of pyridine rings is 1. The largest absolute Gasteiger partial charge is 0.433 e. The lowest BCUT2D eigenvalue weighted by Gasteiger charge is -2.30. The van der Waals surface area contributed by atoms with Gasteiger partial charge in [0.05, 0.1) is 12.2 Å². The molecule has 0 bridgehead atoms. The zero-order valence-electron chi connectivity index (χ0n) is 21.7. The summed E-state index contributed by atoms with van der Waals surface area (Å²) < 4.78 is 46.4. The molecule has 5 rings (SSSR count). The molecule has 1 aromatic carbocycles. The predicted molar refractivity (Wildman–Crippen MR) is 139 cm³/mol. The number of hydrogen-bond acceptors (Lipinski definition) is 6. The summed E-state index contributed by atoms with van der Waals surface area (Å²) in [6.07, 6.45) is 7.59.